The third-order valence-electron chi connectivity index (χ3n) is 5.58. The summed E-state index contributed by atoms with van der Waals surface area (Å²) in [4.78, 5) is 29.1. The van der Waals surface area contributed by atoms with Crippen molar-refractivity contribution >= 4 is 12.0 Å². The molecule has 0 spiro atoms. The van der Waals surface area contributed by atoms with Gasteiger partial charge in [-0.1, -0.05) is 74.5 Å². The van der Waals surface area contributed by atoms with E-state index in [-0.39, 0.29) is 24.3 Å². The van der Waals surface area contributed by atoms with Gasteiger partial charge in [-0.15, -0.1) is 0 Å². The maximum Gasteiger partial charge on any atom is 0.417 e. The minimum Gasteiger partial charge on any atom is -0.441 e. The molecular weight excluding hydrogens is 376 g/mol. The van der Waals surface area contributed by atoms with Crippen LogP contribution in [0.1, 0.15) is 45.2 Å². The van der Waals surface area contributed by atoms with Crippen molar-refractivity contribution in [1.29, 1.82) is 0 Å². The average molecular weight is 409 g/mol. The molecule has 0 bridgehead atoms. The van der Waals surface area contributed by atoms with Crippen molar-refractivity contribution in [3.8, 4) is 0 Å². The van der Waals surface area contributed by atoms with Crippen LogP contribution in [-0.4, -0.2) is 40.0 Å². The Morgan fingerprint density at radius 1 is 1.00 bits per heavy atom. The minimum absolute atomic E-state index is 0.125. The number of hydrogen-bond donors (Lipinski definition) is 0. The molecule has 160 valence electrons. The van der Waals surface area contributed by atoms with E-state index in [9.17, 15) is 9.59 Å². The van der Waals surface area contributed by atoms with Crippen molar-refractivity contribution in [2.45, 2.75) is 58.8 Å². The lowest BCUT2D eigenvalue weighted by atomic mass is 9.89. The van der Waals surface area contributed by atoms with Crippen LogP contribution in [0.5, 0.6) is 0 Å². The van der Waals surface area contributed by atoms with Gasteiger partial charge in [-0.2, -0.15) is 0 Å². The molecule has 30 heavy (non-hydrogen) atoms. The van der Waals surface area contributed by atoms with Gasteiger partial charge in [0.2, 0.25) is 5.91 Å². The topological polar surface area (TPSA) is 49.9 Å². The SMILES string of the molecule is CC(C)[C@@H]1N(C(=O)CCN(Cc2ccccc2)Cc2ccccc2)C(=O)OC1(C)C. The molecule has 1 aliphatic heterocycles. The van der Waals surface area contributed by atoms with E-state index in [1.807, 2.05) is 64.1 Å². The second-order valence-corrected chi connectivity index (χ2v) is 8.86. The Balaban J connectivity index is 1.71. The van der Waals surface area contributed by atoms with Crippen molar-refractivity contribution in [3.63, 3.8) is 0 Å². The molecule has 5 heteroatoms. The van der Waals surface area contributed by atoms with Gasteiger partial charge in [0.15, 0.2) is 0 Å². The average Bonchev–Trinajstić information content (AvgIpc) is 2.96. The maximum absolute atomic E-state index is 13.1. The summed E-state index contributed by atoms with van der Waals surface area (Å²) in [5.41, 5.74) is 1.72. The monoisotopic (exact) mass is 408 g/mol. The van der Waals surface area contributed by atoms with E-state index in [2.05, 4.69) is 29.2 Å². The number of rotatable bonds is 8. The normalized spacial score (nSPS) is 18.1. The summed E-state index contributed by atoms with van der Waals surface area (Å²) in [7, 11) is 0. The third kappa shape index (κ3) is 5.28. The second-order valence-electron chi connectivity index (χ2n) is 8.86. The maximum atomic E-state index is 13.1. The van der Waals surface area contributed by atoms with Gasteiger partial charge < -0.3 is 4.74 Å². The molecule has 0 unspecified atom stereocenters. The van der Waals surface area contributed by atoms with Gasteiger partial charge in [0.1, 0.15) is 5.60 Å². The second kappa shape index (κ2) is 9.43. The minimum atomic E-state index is -0.672. The van der Waals surface area contributed by atoms with Crippen molar-refractivity contribution in [3.05, 3.63) is 71.8 Å². The Kier molecular flexibility index (Phi) is 6.93. The lowest BCUT2D eigenvalue weighted by molar-refractivity contribution is -0.130. The highest BCUT2D eigenvalue weighted by atomic mass is 16.6. The van der Waals surface area contributed by atoms with Crippen LogP contribution in [0.15, 0.2) is 60.7 Å². The molecule has 2 amide bonds. The van der Waals surface area contributed by atoms with Gasteiger partial charge in [-0.05, 0) is 30.9 Å². The molecule has 5 nitrogen and oxygen atoms in total. The number of ether oxygens (including phenoxy) is 1. The van der Waals surface area contributed by atoms with Crippen LogP contribution in [-0.2, 0) is 22.6 Å². The zero-order valence-electron chi connectivity index (χ0n) is 18.4. The fraction of sp³-hybridized carbons (Fsp3) is 0.440. The molecule has 2 aromatic carbocycles. The van der Waals surface area contributed by atoms with Crippen LogP contribution < -0.4 is 0 Å². The van der Waals surface area contributed by atoms with Gasteiger partial charge in [-0.3, -0.25) is 9.69 Å². The first kappa shape index (κ1) is 22.0. The largest absolute Gasteiger partial charge is 0.441 e. The van der Waals surface area contributed by atoms with Crippen LogP contribution in [0.3, 0.4) is 0 Å². The summed E-state index contributed by atoms with van der Waals surface area (Å²) < 4.78 is 5.51. The Morgan fingerprint density at radius 3 is 1.97 bits per heavy atom. The van der Waals surface area contributed by atoms with Crippen LogP contribution in [0, 0.1) is 5.92 Å². The predicted octanol–water partition coefficient (Wildman–Crippen LogP) is 4.86. The zero-order valence-corrected chi connectivity index (χ0v) is 18.4. The molecule has 1 aliphatic rings. The van der Waals surface area contributed by atoms with Crippen molar-refractivity contribution in [2.75, 3.05) is 6.54 Å². The van der Waals surface area contributed by atoms with E-state index < -0.39 is 11.7 Å². The standard InChI is InChI=1S/C25H32N2O3/c1-19(2)23-25(3,4)30-24(29)27(23)22(28)15-16-26(17-20-11-7-5-8-12-20)18-21-13-9-6-10-14-21/h5-14,19,23H,15-18H2,1-4H3/t23-/m0/s1. The Morgan fingerprint density at radius 2 is 1.50 bits per heavy atom. The van der Waals surface area contributed by atoms with Crippen LogP contribution in [0.4, 0.5) is 4.79 Å². The zero-order chi connectivity index (χ0) is 21.7. The highest BCUT2D eigenvalue weighted by molar-refractivity contribution is 5.94. The molecule has 2 aromatic rings. The van der Waals surface area contributed by atoms with Gasteiger partial charge >= 0.3 is 6.09 Å². The first-order valence-electron chi connectivity index (χ1n) is 10.6. The summed E-state index contributed by atoms with van der Waals surface area (Å²) in [6.45, 7) is 9.84. The summed E-state index contributed by atoms with van der Waals surface area (Å²) in [6, 6.07) is 20.2. The van der Waals surface area contributed by atoms with Crippen molar-refractivity contribution in [1.82, 2.24) is 9.80 Å². The third-order valence-corrected chi connectivity index (χ3v) is 5.58. The molecule has 0 radical (unpaired) electrons. The Hall–Kier alpha value is -2.66. The van der Waals surface area contributed by atoms with Crippen molar-refractivity contribution < 1.29 is 14.3 Å². The van der Waals surface area contributed by atoms with Gasteiger partial charge in [-0.25, -0.2) is 9.69 Å². The lowest BCUT2D eigenvalue weighted by Gasteiger charge is -2.31. The van der Waals surface area contributed by atoms with Crippen LogP contribution >= 0.6 is 0 Å². The fourth-order valence-corrected chi connectivity index (χ4v) is 4.39. The first-order valence-corrected chi connectivity index (χ1v) is 10.6. The van der Waals surface area contributed by atoms with E-state index in [4.69, 9.17) is 4.74 Å². The number of carbonyl (C=O) groups is 2. The van der Waals surface area contributed by atoms with E-state index in [0.29, 0.717) is 6.54 Å². The molecule has 0 aliphatic carbocycles. The summed E-state index contributed by atoms with van der Waals surface area (Å²) in [6.07, 6.45) is -0.255. The summed E-state index contributed by atoms with van der Waals surface area (Å²) in [5.74, 6) is -0.0458. The summed E-state index contributed by atoms with van der Waals surface area (Å²) in [5, 5.41) is 0. The molecule has 1 atom stereocenters. The Labute approximate surface area is 179 Å². The van der Waals surface area contributed by atoms with Gasteiger partial charge in [0, 0.05) is 26.1 Å². The summed E-state index contributed by atoms with van der Waals surface area (Å²) >= 11 is 0. The van der Waals surface area contributed by atoms with Crippen LogP contribution in [0.25, 0.3) is 0 Å². The quantitative estimate of drug-likeness (QED) is 0.626. The number of carbonyl (C=O) groups excluding carboxylic acids is 2. The Bertz CT molecular complexity index is 808. The number of cyclic esters (lactones) is 1. The molecule has 0 saturated carbocycles. The van der Waals surface area contributed by atoms with Crippen molar-refractivity contribution in [2.24, 2.45) is 5.92 Å². The van der Waals surface area contributed by atoms with E-state index in [1.165, 1.54) is 16.0 Å². The molecule has 3 rings (SSSR count). The van der Waals surface area contributed by atoms with Crippen LogP contribution in [0.2, 0.25) is 0 Å². The fourth-order valence-electron chi connectivity index (χ4n) is 4.39. The predicted molar refractivity (Wildman–Crippen MR) is 118 cm³/mol. The molecule has 1 saturated heterocycles. The number of nitrogens with zero attached hydrogens (tertiary/aromatic N) is 2. The number of imide groups is 1. The molecule has 1 heterocycles. The smallest absolute Gasteiger partial charge is 0.417 e. The number of amides is 2. The number of benzene rings is 2. The molecule has 0 aromatic heterocycles. The van der Waals surface area contributed by atoms with E-state index in [0.717, 1.165) is 13.1 Å². The van der Waals surface area contributed by atoms with E-state index >= 15 is 0 Å². The molecular formula is C25H32N2O3. The lowest BCUT2D eigenvalue weighted by Crippen LogP contribution is -2.48. The molecule has 0 N–H and O–H groups in total. The highest BCUT2D eigenvalue weighted by Gasteiger charge is 2.51. The highest BCUT2D eigenvalue weighted by Crippen LogP contribution is 2.34. The van der Waals surface area contributed by atoms with E-state index in [1.54, 1.807) is 0 Å². The van der Waals surface area contributed by atoms with Gasteiger partial charge in [0.25, 0.3) is 0 Å². The number of hydrogen-bond acceptors (Lipinski definition) is 4. The first-order chi connectivity index (χ1) is 14.3. The van der Waals surface area contributed by atoms with Gasteiger partial charge in [0.05, 0.1) is 6.04 Å². The molecule has 1 fully saturated rings.